The number of anilines is 2. The van der Waals surface area contributed by atoms with Crippen molar-refractivity contribution in [2.24, 2.45) is 5.92 Å². The molecule has 6 nitrogen and oxygen atoms in total. The molecule has 0 spiro atoms. The number of aryl methyl sites for hydroxylation is 1. The van der Waals surface area contributed by atoms with Crippen LogP contribution >= 0.6 is 0 Å². The number of aromatic nitrogens is 2. The van der Waals surface area contributed by atoms with Crippen molar-refractivity contribution in [1.29, 1.82) is 10.5 Å². The molecule has 0 fully saturated rings. The number of nitrogens with zero attached hydrogens (tertiary/aromatic N) is 6. The van der Waals surface area contributed by atoms with Crippen molar-refractivity contribution in [3.63, 3.8) is 0 Å². The van der Waals surface area contributed by atoms with Crippen LogP contribution in [-0.2, 0) is 6.42 Å². The molecule has 0 saturated heterocycles. The summed E-state index contributed by atoms with van der Waals surface area (Å²) >= 11 is 0. The molecule has 6 heteroatoms. The molecule has 1 aliphatic rings. The highest BCUT2D eigenvalue weighted by Crippen LogP contribution is 2.40. The summed E-state index contributed by atoms with van der Waals surface area (Å²) in [5, 5.41) is 19.9. The third kappa shape index (κ3) is 13.1. The van der Waals surface area contributed by atoms with E-state index in [0.717, 1.165) is 86.5 Å². The van der Waals surface area contributed by atoms with Crippen molar-refractivity contribution < 1.29 is 0 Å². The van der Waals surface area contributed by atoms with Gasteiger partial charge >= 0.3 is 0 Å². The predicted octanol–water partition coefficient (Wildman–Crippen LogP) is 16.8. The summed E-state index contributed by atoms with van der Waals surface area (Å²) in [6, 6.07) is 35.5. The minimum absolute atomic E-state index is 0.119. The molecule has 0 N–H and O–H groups in total. The lowest BCUT2D eigenvalue weighted by Gasteiger charge is -2.38. The minimum Gasteiger partial charge on any atom is -0.338 e. The Hall–Kier alpha value is -7.41. The molecule has 4 aromatic carbocycles. The van der Waals surface area contributed by atoms with Crippen molar-refractivity contribution in [2.45, 2.75) is 102 Å². The monoisotopic (exact) mass is 889 g/mol. The van der Waals surface area contributed by atoms with Gasteiger partial charge in [-0.1, -0.05) is 148 Å². The predicted molar refractivity (Wildman–Crippen MR) is 291 cm³/mol. The number of benzene rings is 4. The van der Waals surface area contributed by atoms with E-state index in [1.807, 2.05) is 114 Å². The van der Waals surface area contributed by atoms with Crippen molar-refractivity contribution in [3.8, 4) is 29.2 Å². The molecule has 67 heavy (non-hydrogen) atoms. The highest BCUT2D eigenvalue weighted by Gasteiger charge is 2.27. The lowest BCUT2D eigenvalue weighted by Crippen LogP contribution is -2.36. The number of rotatable bonds is 13. The standard InChI is InChI=1S/C55H54N6.3C2H6/c1-10-13-20-38(4)40(6)59(50-25-18-23-45(31-50)36-56)42(8)47-33-48(54-29-16-15-21-39(5)41(7)60(54)51-26-17-22-44(12-3)30-51)35-49(34-47)55-58-53(28-14-11-2)43(9)61(55)52-27-19-24-46(32-52)37-57;3*1-2/h10-11,13-15,17-35,39,41H,1-2,8,12,16H2,3-7,9H3;3*1-2H3/b20-13-,21-15-,28-14-,40-38+,54-29-;;;. The fourth-order valence-electron chi connectivity index (χ4n) is 7.78. The first kappa shape index (κ1) is 53.9. The van der Waals surface area contributed by atoms with Gasteiger partial charge in [0, 0.05) is 51.5 Å². The molecule has 1 aliphatic heterocycles. The Kier molecular flexibility index (Phi) is 21.9. The SMILES string of the molecule is C=C/C=C\C(C)=C(/C)N(C(=C)c1cc(/C2=C/C/C=C\C(C)C(C)N2c2cccc(CC)c2)cc(-c2nc(/C=C\C=C)c(C)n2-c2cccc(C#N)c2)c1)c1cccc(C#N)c1.CC.CC.CC. The Morgan fingerprint density at radius 2 is 1.43 bits per heavy atom. The Labute approximate surface area is 404 Å². The smallest absolute Gasteiger partial charge is 0.145 e. The first-order valence-electron chi connectivity index (χ1n) is 23.8. The maximum Gasteiger partial charge on any atom is 0.145 e. The van der Waals surface area contributed by atoms with Gasteiger partial charge in [0.2, 0.25) is 0 Å². The Balaban J connectivity index is 0.00000191. The highest BCUT2D eigenvalue weighted by molar-refractivity contribution is 5.89. The van der Waals surface area contributed by atoms with E-state index >= 15 is 0 Å². The Bertz CT molecular complexity index is 2720. The molecule has 2 unspecified atom stereocenters. The largest absolute Gasteiger partial charge is 0.338 e. The molecule has 0 amide bonds. The van der Waals surface area contributed by atoms with Gasteiger partial charge in [0.15, 0.2) is 0 Å². The number of allylic oxidation sites excluding steroid dienone is 9. The van der Waals surface area contributed by atoms with E-state index in [-0.39, 0.29) is 12.0 Å². The van der Waals surface area contributed by atoms with Gasteiger partial charge in [-0.15, -0.1) is 0 Å². The Morgan fingerprint density at radius 3 is 2.09 bits per heavy atom. The first-order valence-corrected chi connectivity index (χ1v) is 23.8. The summed E-state index contributed by atoms with van der Waals surface area (Å²) in [6.07, 6.45) is 19.9. The topological polar surface area (TPSA) is 71.9 Å². The van der Waals surface area contributed by atoms with E-state index < -0.39 is 0 Å². The molecule has 0 aliphatic carbocycles. The average Bonchev–Trinajstić information content (AvgIpc) is 3.71. The van der Waals surface area contributed by atoms with E-state index in [1.165, 1.54) is 5.56 Å². The van der Waals surface area contributed by atoms with Gasteiger partial charge in [-0.2, -0.15) is 10.5 Å². The summed E-state index contributed by atoms with van der Waals surface area (Å²) < 4.78 is 2.13. The average molecular weight is 889 g/mol. The fourth-order valence-corrected chi connectivity index (χ4v) is 7.78. The number of imidazole rings is 1. The zero-order valence-electron chi connectivity index (χ0n) is 42.2. The molecule has 346 valence electrons. The molecule has 0 saturated carbocycles. The van der Waals surface area contributed by atoms with E-state index in [0.29, 0.717) is 11.1 Å². The van der Waals surface area contributed by atoms with Gasteiger partial charge in [-0.25, -0.2) is 4.98 Å². The maximum atomic E-state index is 9.99. The molecule has 0 bridgehead atoms. The summed E-state index contributed by atoms with van der Waals surface area (Å²) in [4.78, 5) is 9.92. The molecular formula is C61H72N6. The van der Waals surface area contributed by atoms with Crippen LogP contribution in [0.25, 0.3) is 34.5 Å². The lowest BCUT2D eigenvalue weighted by atomic mass is 9.93. The summed E-state index contributed by atoms with van der Waals surface area (Å²) in [5.41, 5.74) is 13.4. The molecule has 0 radical (unpaired) electrons. The molecular weight excluding hydrogens is 817 g/mol. The second kappa shape index (κ2) is 27.2. The van der Waals surface area contributed by atoms with Gasteiger partial charge in [-0.05, 0) is 142 Å². The van der Waals surface area contributed by atoms with Crippen LogP contribution in [0.4, 0.5) is 11.4 Å². The van der Waals surface area contributed by atoms with E-state index in [1.54, 1.807) is 12.2 Å². The van der Waals surface area contributed by atoms with Gasteiger partial charge in [0.25, 0.3) is 0 Å². The van der Waals surface area contributed by atoms with Crippen molar-refractivity contribution in [1.82, 2.24) is 9.55 Å². The van der Waals surface area contributed by atoms with Crippen LogP contribution < -0.4 is 9.80 Å². The van der Waals surface area contributed by atoms with Crippen LogP contribution in [-0.4, -0.2) is 15.6 Å². The zero-order chi connectivity index (χ0) is 49.6. The van der Waals surface area contributed by atoms with E-state index in [4.69, 9.17) is 11.6 Å². The zero-order valence-corrected chi connectivity index (χ0v) is 42.2. The number of nitriles is 2. The van der Waals surface area contributed by atoms with E-state index in [2.05, 4.69) is 142 Å². The molecule has 5 aromatic rings. The van der Waals surface area contributed by atoms with Gasteiger partial charge < -0.3 is 9.80 Å². The summed E-state index contributed by atoms with van der Waals surface area (Å²) in [5.74, 6) is 0.983. The van der Waals surface area contributed by atoms with Crippen LogP contribution in [0.1, 0.15) is 122 Å². The third-order valence-electron chi connectivity index (χ3n) is 11.4. The fraction of sp³-hybridized carbons (Fsp3) is 0.262. The summed E-state index contributed by atoms with van der Waals surface area (Å²) in [6.45, 7) is 37.6. The molecule has 2 heterocycles. The van der Waals surface area contributed by atoms with Crippen LogP contribution in [0.3, 0.4) is 0 Å². The Morgan fingerprint density at radius 1 is 0.806 bits per heavy atom. The summed E-state index contributed by atoms with van der Waals surface area (Å²) in [7, 11) is 0. The van der Waals surface area contributed by atoms with Crippen molar-refractivity contribution in [2.75, 3.05) is 9.80 Å². The van der Waals surface area contributed by atoms with Gasteiger partial charge in [0.1, 0.15) is 5.82 Å². The molecule has 1 aromatic heterocycles. The second-order valence-corrected chi connectivity index (χ2v) is 15.4. The lowest BCUT2D eigenvalue weighted by molar-refractivity contribution is 0.567. The van der Waals surface area contributed by atoms with Gasteiger partial charge in [0.05, 0.1) is 29.0 Å². The third-order valence-corrected chi connectivity index (χ3v) is 11.4. The maximum absolute atomic E-state index is 9.99. The van der Waals surface area contributed by atoms with Crippen LogP contribution in [0.2, 0.25) is 0 Å². The molecule has 6 rings (SSSR count). The van der Waals surface area contributed by atoms with Crippen LogP contribution in [0.15, 0.2) is 171 Å². The minimum atomic E-state index is 0.119. The van der Waals surface area contributed by atoms with Gasteiger partial charge in [-0.3, -0.25) is 4.57 Å². The quantitative estimate of drug-likeness (QED) is 0.0870. The first-order chi connectivity index (χ1) is 32.5. The number of hydrogen-bond acceptors (Lipinski definition) is 5. The van der Waals surface area contributed by atoms with Crippen LogP contribution in [0.5, 0.6) is 0 Å². The normalized spacial score (nSPS) is 15.8. The highest BCUT2D eigenvalue weighted by atomic mass is 15.2. The van der Waals surface area contributed by atoms with Crippen LogP contribution in [0, 0.1) is 35.5 Å². The van der Waals surface area contributed by atoms with Crippen molar-refractivity contribution >= 4 is 28.8 Å². The van der Waals surface area contributed by atoms with Crippen molar-refractivity contribution in [3.05, 3.63) is 210 Å². The number of hydrogen-bond donors (Lipinski definition) is 0. The molecule has 2 atom stereocenters. The second-order valence-electron chi connectivity index (χ2n) is 15.4. The van der Waals surface area contributed by atoms with E-state index in [9.17, 15) is 10.5 Å².